The standard InChI is InChI=1S/C27H25NO7/c1-33-18-10-7-16(8-11-18)15-28-24(30)14-20(17-9-12-23(34-2)21(29)13-17)25-26(31)19-5-3-4-6-22(19)35-27(25)32/h3-13,20,29,31H,14-15H2,1-2H3,(H,28,30)/t20-/m1/s1. The highest BCUT2D eigenvalue weighted by Crippen LogP contribution is 2.38. The van der Waals surface area contributed by atoms with E-state index in [9.17, 15) is 19.8 Å². The van der Waals surface area contributed by atoms with Crippen molar-refractivity contribution >= 4 is 16.9 Å². The Bertz CT molecular complexity index is 1410. The maximum Gasteiger partial charge on any atom is 0.343 e. The Morgan fingerprint density at radius 1 is 1.00 bits per heavy atom. The average molecular weight is 475 g/mol. The third kappa shape index (κ3) is 5.06. The molecular weight excluding hydrogens is 450 g/mol. The van der Waals surface area contributed by atoms with E-state index in [1.165, 1.54) is 19.2 Å². The van der Waals surface area contributed by atoms with Gasteiger partial charge < -0.3 is 29.4 Å². The first-order valence-electron chi connectivity index (χ1n) is 10.9. The van der Waals surface area contributed by atoms with Crippen LogP contribution in [0.2, 0.25) is 0 Å². The van der Waals surface area contributed by atoms with Gasteiger partial charge in [-0.05, 0) is 47.5 Å². The van der Waals surface area contributed by atoms with E-state index in [4.69, 9.17) is 13.9 Å². The van der Waals surface area contributed by atoms with Gasteiger partial charge in [0.15, 0.2) is 11.5 Å². The van der Waals surface area contributed by atoms with Gasteiger partial charge in [-0.15, -0.1) is 0 Å². The van der Waals surface area contributed by atoms with Crippen LogP contribution < -0.4 is 20.4 Å². The number of para-hydroxylation sites is 1. The molecule has 1 amide bonds. The number of rotatable bonds is 8. The summed E-state index contributed by atoms with van der Waals surface area (Å²) in [5, 5.41) is 24.5. The fourth-order valence-electron chi connectivity index (χ4n) is 3.97. The van der Waals surface area contributed by atoms with Gasteiger partial charge in [-0.25, -0.2) is 4.79 Å². The van der Waals surface area contributed by atoms with Crippen LogP contribution in [0, 0.1) is 0 Å². The van der Waals surface area contributed by atoms with Crippen LogP contribution in [-0.2, 0) is 11.3 Å². The summed E-state index contributed by atoms with van der Waals surface area (Å²) in [5.74, 6) is -0.709. The minimum Gasteiger partial charge on any atom is -0.507 e. The van der Waals surface area contributed by atoms with Crippen molar-refractivity contribution in [1.29, 1.82) is 0 Å². The zero-order valence-electron chi connectivity index (χ0n) is 19.3. The lowest BCUT2D eigenvalue weighted by atomic mass is 9.87. The molecule has 0 aliphatic heterocycles. The van der Waals surface area contributed by atoms with E-state index in [2.05, 4.69) is 5.32 Å². The van der Waals surface area contributed by atoms with Crippen molar-refractivity contribution in [3.05, 3.63) is 93.8 Å². The first-order valence-corrected chi connectivity index (χ1v) is 10.9. The summed E-state index contributed by atoms with van der Waals surface area (Å²) in [5.41, 5.74) is 0.725. The molecule has 0 spiro atoms. The summed E-state index contributed by atoms with van der Waals surface area (Å²) in [7, 11) is 3.00. The van der Waals surface area contributed by atoms with Gasteiger partial charge in [0.1, 0.15) is 17.1 Å². The number of nitrogens with one attached hydrogen (secondary N) is 1. The largest absolute Gasteiger partial charge is 0.507 e. The Hall–Kier alpha value is -4.46. The zero-order valence-corrected chi connectivity index (χ0v) is 19.3. The molecule has 4 aromatic rings. The number of hydrogen-bond donors (Lipinski definition) is 3. The highest BCUT2D eigenvalue weighted by Gasteiger charge is 2.27. The first kappa shape index (κ1) is 23.7. The summed E-state index contributed by atoms with van der Waals surface area (Å²) in [6.07, 6.45) is -0.168. The van der Waals surface area contributed by atoms with Gasteiger partial charge in [0.25, 0.3) is 0 Å². The second-order valence-corrected chi connectivity index (χ2v) is 7.96. The normalized spacial score (nSPS) is 11.7. The molecule has 3 aromatic carbocycles. The first-order chi connectivity index (χ1) is 16.9. The van der Waals surface area contributed by atoms with Gasteiger partial charge in [-0.1, -0.05) is 30.3 Å². The lowest BCUT2D eigenvalue weighted by molar-refractivity contribution is -0.121. The topological polar surface area (TPSA) is 118 Å². The number of ether oxygens (including phenoxy) is 2. The SMILES string of the molecule is COc1ccc(CNC(=O)C[C@H](c2ccc(OC)c(O)c2)c2c(O)c3ccccc3oc2=O)cc1. The molecule has 1 aromatic heterocycles. The van der Waals surface area contributed by atoms with Crippen molar-refractivity contribution in [3.63, 3.8) is 0 Å². The minimum atomic E-state index is -0.886. The van der Waals surface area contributed by atoms with Gasteiger partial charge in [0.2, 0.25) is 5.91 Å². The number of amides is 1. The van der Waals surface area contributed by atoms with E-state index < -0.39 is 11.5 Å². The van der Waals surface area contributed by atoms with Crippen LogP contribution in [0.4, 0.5) is 0 Å². The van der Waals surface area contributed by atoms with E-state index in [1.807, 2.05) is 12.1 Å². The summed E-state index contributed by atoms with van der Waals surface area (Å²) >= 11 is 0. The number of fused-ring (bicyclic) bond motifs is 1. The zero-order chi connectivity index (χ0) is 24.9. The van der Waals surface area contributed by atoms with Gasteiger partial charge in [0, 0.05) is 18.9 Å². The Balaban J connectivity index is 1.68. The van der Waals surface area contributed by atoms with Crippen molar-refractivity contribution in [2.45, 2.75) is 18.9 Å². The number of benzene rings is 3. The van der Waals surface area contributed by atoms with Gasteiger partial charge in [-0.2, -0.15) is 0 Å². The molecule has 1 heterocycles. The number of methoxy groups -OCH3 is 2. The van der Waals surface area contributed by atoms with Crippen LogP contribution in [0.25, 0.3) is 11.0 Å². The average Bonchev–Trinajstić information content (AvgIpc) is 2.87. The van der Waals surface area contributed by atoms with Crippen molar-refractivity contribution in [1.82, 2.24) is 5.32 Å². The molecule has 8 nitrogen and oxygen atoms in total. The van der Waals surface area contributed by atoms with Crippen LogP contribution in [0.15, 0.2) is 75.9 Å². The fourth-order valence-corrected chi connectivity index (χ4v) is 3.97. The van der Waals surface area contributed by atoms with Crippen LogP contribution in [0.5, 0.6) is 23.0 Å². The molecule has 0 unspecified atom stereocenters. The molecule has 0 aliphatic carbocycles. The van der Waals surface area contributed by atoms with Crippen molar-refractivity contribution in [3.8, 4) is 23.0 Å². The van der Waals surface area contributed by atoms with Gasteiger partial charge >= 0.3 is 5.63 Å². The van der Waals surface area contributed by atoms with Crippen LogP contribution in [0.3, 0.4) is 0 Å². The third-order valence-corrected chi connectivity index (χ3v) is 5.81. The molecule has 0 bridgehead atoms. The number of phenolic OH excluding ortho intramolecular Hbond substituents is 1. The molecule has 0 radical (unpaired) electrons. The van der Waals surface area contributed by atoms with E-state index in [0.717, 1.165) is 5.56 Å². The molecule has 180 valence electrons. The second kappa shape index (κ2) is 10.2. The Kier molecular flexibility index (Phi) is 6.91. The van der Waals surface area contributed by atoms with E-state index in [-0.39, 0.29) is 47.3 Å². The molecule has 3 N–H and O–H groups in total. The Morgan fingerprint density at radius 2 is 1.74 bits per heavy atom. The van der Waals surface area contributed by atoms with Crippen LogP contribution in [-0.4, -0.2) is 30.3 Å². The molecule has 0 aliphatic rings. The van der Waals surface area contributed by atoms with E-state index >= 15 is 0 Å². The Morgan fingerprint density at radius 3 is 2.43 bits per heavy atom. The Labute approximate surface area is 201 Å². The summed E-state index contributed by atoms with van der Waals surface area (Å²) in [4.78, 5) is 25.9. The molecular formula is C27H25NO7. The molecule has 0 saturated heterocycles. The maximum atomic E-state index is 13.0. The summed E-state index contributed by atoms with van der Waals surface area (Å²) < 4.78 is 15.7. The van der Waals surface area contributed by atoms with Crippen molar-refractivity contribution in [2.24, 2.45) is 0 Å². The smallest absolute Gasteiger partial charge is 0.343 e. The highest BCUT2D eigenvalue weighted by atomic mass is 16.5. The van der Waals surface area contributed by atoms with Gasteiger partial charge in [-0.3, -0.25) is 4.79 Å². The van der Waals surface area contributed by atoms with E-state index in [0.29, 0.717) is 16.7 Å². The molecule has 35 heavy (non-hydrogen) atoms. The highest BCUT2D eigenvalue weighted by molar-refractivity contribution is 5.85. The number of aromatic hydroxyl groups is 2. The van der Waals surface area contributed by atoms with Crippen LogP contribution >= 0.6 is 0 Å². The third-order valence-electron chi connectivity index (χ3n) is 5.81. The maximum absolute atomic E-state index is 13.0. The molecule has 1 atom stereocenters. The number of carbonyl (C=O) groups excluding carboxylic acids is 1. The van der Waals surface area contributed by atoms with Crippen molar-refractivity contribution < 1.29 is 28.9 Å². The number of hydrogen-bond acceptors (Lipinski definition) is 7. The second-order valence-electron chi connectivity index (χ2n) is 7.96. The molecule has 8 heteroatoms. The van der Waals surface area contributed by atoms with E-state index in [1.54, 1.807) is 49.6 Å². The number of phenols is 1. The monoisotopic (exact) mass is 475 g/mol. The lowest BCUT2D eigenvalue weighted by Crippen LogP contribution is -2.26. The minimum absolute atomic E-state index is 0.0622. The molecule has 4 rings (SSSR count). The quantitative estimate of drug-likeness (QED) is 0.329. The van der Waals surface area contributed by atoms with Crippen molar-refractivity contribution in [2.75, 3.05) is 14.2 Å². The van der Waals surface area contributed by atoms with Gasteiger partial charge in [0.05, 0.1) is 25.2 Å². The number of carbonyl (C=O) groups is 1. The summed E-state index contributed by atoms with van der Waals surface area (Å²) in [6.45, 7) is 0.266. The summed E-state index contributed by atoms with van der Waals surface area (Å²) in [6, 6.07) is 18.4. The van der Waals surface area contributed by atoms with Crippen LogP contribution in [0.1, 0.15) is 29.0 Å². The predicted octanol–water partition coefficient (Wildman–Crippen LogP) is 4.06. The fraction of sp³-hybridized carbons (Fsp3) is 0.185. The lowest BCUT2D eigenvalue weighted by Gasteiger charge is -2.19. The molecule has 0 saturated carbocycles. The molecule has 0 fully saturated rings. The predicted molar refractivity (Wildman–Crippen MR) is 130 cm³/mol.